The quantitative estimate of drug-likeness (QED) is 0.798. The molecule has 0 fully saturated rings. The van der Waals surface area contributed by atoms with Gasteiger partial charge in [-0.05, 0) is 24.7 Å². The van der Waals surface area contributed by atoms with E-state index in [4.69, 9.17) is 10.00 Å². The Bertz CT molecular complexity index is 423. The van der Waals surface area contributed by atoms with Crippen LogP contribution < -0.4 is 4.74 Å². The van der Waals surface area contributed by atoms with Crippen LogP contribution in [0.1, 0.15) is 5.56 Å². The van der Waals surface area contributed by atoms with Crippen LogP contribution in [0.2, 0.25) is 0 Å². The van der Waals surface area contributed by atoms with Gasteiger partial charge in [-0.1, -0.05) is 12.1 Å². The van der Waals surface area contributed by atoms with Gasteiger partial charge in [-0.15, -0.1) is 0 Å². The van der Waals surface area contributed by atoms with Crippen LogP contribution in [-0.4, -0.2) is 37.8 Å². The van der Waals surface area contributed by atoms with Gasteiger partial charge in [-0.2, -0.15) is 18.4 Å². The van der Waals surface area contributed by atoms with Crippen LogP contribution in [0.3, 0.4) is 0 Å². The molecule has 0 saturated heterocycles. The number of hydrogen-bond acceptors (Lipinski definition) is 3. The topological polar surface area (TPSA) is 36.3 Å². The van der Waals surface area contributed by atoms with E-state index in [0.717, 1.165) is 10.5 Å². The average Bonchev–Trinajstić information content (AvgIpc) is 2.29. The van der Waals surface area contributed by atoms with Crippen LogP contribution in [0.15, 0.2) is 24.3 Å². The molecule has 1 aromatic rings. The van der Waals surface area contributed by atoms with Crippen molar-refractivity contribution in [3.05, 3.63) is 29.8 Å². The third-order valence-electron chi connectivity index (χ3n) is 2.40. The van der Waals surface area contributed by atoms with Crippen molar-refractivity contribution < 1.29 is 17.9 Å². The third kappa shape index (κ3) is 6.67. The predicted octanol–water partition coefficient (Wildman–Crippen LogP) is 2.63. The molecular weight excluding hydrogens is 257 g/mol. The zero-order valence-electron chi connectivity index (χ0n) is 10.6. The van der Waals surface area contributed by atoms with E-state index in [9.17, 15) is 13.2 Å². The van der Waals surface area contributed by atoms with Crippen molar-refractivity contribution in [2.75, 3.05) is 26.7 Å². The van der Waals surface area contributed by atoms with Gasteiger partial charge in [0.2, 0.25) is 0 Å². The van der Waals surface area contributed by atoms with Crippen LogP contribution >= 0.6 is 0 Å². The summed E-state index contributed by atoms with van der Waals surface area (Å²) in [6.45, 7) is -0.568. The lowest BCUT2D eigenvalue weighted by Crippen LogP contribution is -2.33. The van der Waals surface area contributed by atoms with E-state index in [2.05, 4.69) is 0 Å². The maximum absolute atomic E-state index is 12.1. The molecule has 0 bridgehead atoms. The molecule has 1 rings (SSSR count). The van der Waals surface area contributed by atoms with Crippen molar-refractivity contribution in [3.8, 4) is 11.8 Å². The Morgan fingerprint density at radius 3 is 2.42 bits per heavy atom. The van der Waals surface area contributed by atoms with Crippen molar-refractivity contribution in [1.29, 1.82) is 5.26 Å². The molecule has 1 aromatic carbocycles. The number of benzene rings is 1. The minimum atomic E-state index is -4.19. The van der Waals surface area contributed by atoms with E-state index in [1.807, 2.05) is 6.07 Å². The molecule has 104 valence electrons. The molecule has 0 unspecified atom stereocenters. The molecule has 0 aromatic heterocycles. The normalized spacial score (nSPS) is 11.4. The Morgan fingerprint density at radius 1 is 1.26 bits per heavy atom. The first-order valence-electron chi connectivity index (χ1n) is 5.75. The van der Waals surface area contributed by atoms with Gasteiger partial charge in [0, 0.05) is 6.54 Å². The summed E-state index contributed by atoms with van der Waals surface area (Å²) < 4.78 is 41.5. The van der Waals surface area contributed by atoms with Crippen LogP contribution in [-0.2, 0) is 6.42 Å². The summed E-state index contributed by atoms with van der Waals surface area (Å²) in [5.41, 5.74) is 0.879. The predicted molar refractivity (Wildman–Crippen MR) is 64.8 cm³/mol. The number of halogens is 3. The lowest BCUT2D eigenvalue weighted by molar-refractivity contribution is -0.143. The molecule has 0 saturated carbocycles. The molecule has 3 nitrogen and oxygen atoms in total. The summed E-state index contributed by atoms with van der Waals surface area (Å²) >= 11 is 0. The SMILES string of the molecule is CN(CCOc1ccc(CC#N)cc1)CC(F)(F)F. The number of nitriles is 1. The van der Waals surface area contributed by atoms with E-state index in [1.165, 1.54) is 7.05 Å². The number of rotatable bonds is 6. The van der Waals surface area contributed by atoms with Gasteiger partial charge in [0.1, 0.15) is 12.4 Å². The molecule has 0 aliphatic heterocycles. The molecular formula is C13H15F3N2O. The Morgan fingerprint density at radius 2 is 1.89 bits per heavy atom. The van der Waals surface area contributed by atoms with Gasteiger partial charge in [0.05, 0.1) is 19.0 Å². The van der Waals surface area contributed by atoms with Crippen LogP contribution in [0, 0.1) is 11.3 Å². The summed E-state index contributed by atoms with van der Waals surface area (Å²) in [4.78, 5) is 1.16. The van der Waals surface area contributed by atoms with E-state index in [0.29, 0.717) is 12.2 Å². The fourth-order valence-corrected chi connectivity index (χ4v) is 1.50. The summed E-state index contributed by atoms with van der Waals surface area (Å²) in [6.07, 6.45) is -3.86. The van der Waals surface area contributed by atoms with E-state index in [1.54, 1.807) is 24.3 Å². The van der Waals surface area contributed by atoms with Gasteiger partial charge in [-0.3, -0.25) is 4.90 Å². The van der Waals surface area contributed by atoms with Gasteiger partial charge < -0.3 is 4.74 Å². The second kappa shape index (κ2) is 7.00. The second-order valence-electron chi connectivity index (χ2n) is 4.18. The first-order valence-corrected chi connectivity index (χ1v) is 5.75. The summed E-state index contributed by atoms with van der Waals surface area (Å²) in [5, 5.41) is 8.51. The Hall–Kier alpha value is -1.74. The highest BCUT2D eigenvalue weighted by Gasteiger charge is 2.28. The molecule has 0 spiro atoms. The molecule has 0 aliphatic rings. The summed E-state index contributed by atoms with van der Waals surface area (Å²) in [6, 6.07) is 8.96. The molecule has 0 radical (unpaired) electrons. The van der Waals surface area contributed by atoms with Gasteiger partial charge in [0.25, 0.3) is 0 Å². The van der Waals surface area contributed by atoms with Crippen molar-refractivity contribution in [1.82, 2.24) is 4.90 Å². The third-order valence-corrected chi connectivity index (χ3v) is 2.40. The van der Waals surface area contributed by atoms with Gasteiger partial charge in [0.15, 0.2) is 0 Å². The van der Waals surface area contributed by atoms with Crippen LogP contribution in [0.5, 0.6) is 5.75 Å². The molecule has 0 heterocycles. The van der Waals surface area contributed by atoms with Gasteiger partial charge >= 0.3 is 6.18 Å². The first kappa shape index (κ1) is 15.3. The molecule has 19 heavy (non-hydrogen) atoms. The zero-order chi connectivity index (χ0) is 14.3. The minimum absolute atomic E-state index is 0.185. The highest BCUT2D eigenvalue weighted by Crippen LogP contribution is 2.16. The van der Waals surface area contributed by atoms with Gasteiger partial charge in [-0.25, -0.2) is 0 Å². The highest BCUT2D eigenvalue weighted by atomic mass is 19.4. The van der Waals surface area contributed by atoms with E-state index < -0.39 is 12.7 Å². The van der Waals surface area contributed by atoms with Crippen LogP contribution in [0.4, 0.5) is 13.2 Å². The maximum Gasteiger partial charge on any atom is 0.401 e. The number of likely N-dealkylation sites (N-methyl/N-ethyl adjacent to an activating group) is 1. The number of nitrogens with zero attached hydrogens (tertiary/aromatic N) is 2. The smallest absolute Gasteiger partial charge is 0.401 e. The molecule has 6 heteroatoms. The van der Waals surface area contributed by atoms with E-state index in [-0.39, 0.29) is 13.2 Å². The number of hydrogen-bond donors (Lipinski definition) is 0. The van der Waals surface area contributed by atoms with E-state index >= 15 is 0 Å². The first-order chi connectivity index (χ1) is 8.90. The average molecular weight is 272 g/mol. The summed E-state index contributed by atoms with van der Waals surface area (Å²) in [7, 11) is 1.40. The van der Waals surface area contributed by atoms with Crippen molar-refractivity contribution in [2.45, 2.75) is 12.6 Å². The Labute approximate surface area is 110 Å². The molecule has 0 N–H and O–H groups in total. The zero-order valence-corrected chi connectivity index (χ0v) is 10.6. The fourth-order valence-electron chi connectivity index (χ4n) is 1.50. The van der Waals surface area contributed by atoms with Crippen molar-refractivity contribution in [3.63, 3.8) is 0 Å². The monoisotopic (exact) mass is 272 g/mol. The molecule has 0 aliphatic carbocycles. The highest BCUT2D eigenvalue weighted by molar-refractivity contribution is 5.28. The molecule has 0 amide bonds. The number of alkyl halides is 3. The fraction of sp³-hybridized carbons (Fsp3) is 0.462. The standard InChI is InChI=1S/C13H15F3N2O/c1-18(10-13(14,15)16)8-9-19-12-4-2-11(3-5-12)6-7-17/h2-5H,6,8-10H2,1H3. The van der Waals surface area contributed by atoms with Crippen molar-refractivity contribution in [2.24, 2.45) is 0 Å². The maximum atomic E-state index is 12.1. The Balaban J connectivity index is 2.31. The largest absolute Gasteiger partial charge is 0.492 e. The lowest BCUT2D eigenvalue weighted by atomic mass is 10.2. The molecule has 0 atom stereocenters. The number of ether oxygens (including phenoxy) is 1. The minimum Gasteiger partial charge on any atom is -0.492 e. The van der Waals surface area contributed by atoms with Crippen molar-refractivity contribution >= 4 is 0 Å². The Kier molecular flexibility index (Phi) is 5.64. The second-order valence-corrected chi connectivity index (χ2v) is 4.18. The summed E-state index contributed by atoms with van der Waals surface area (Å²) in [5.74, 6) is 0.585. The van der Waals surface area contributed by atoms with Crippen LogP contribution in [0.25, 0.3) is 0 Å². The lowest BCUT2D eigenvalue weighted by Gasteiger charge is -2.18.